The van der Waals surface area contributed by atoms with Crippen LogP contribution in [0.2, 0.25) is 0 Å². The van der Waals surface area contributed by atoms with Gasteiger partial charge in [-0.2, -0.15) is 0 Å². The highest BCUT2D eigenvalue weighted by Crippen LogP contribution is 2.25. The molecule has 1 aromatic rings. The molecule has 23 heavy (non-hydrogen) atoms. The number of nitrogens with one attached hydrogen (secondary N) is 1. The molecule has 0 aliphatic carbocycles. The highest BCUT2D eigenvalue weighted by molar-refractivity contribution is 7.92. The number of nitrogens with zero attached hydrogens (tertiary/aromatic N) is 1. The molecule has 7 heteroatoms. The molecule has 0 saturated heterocycles. The summed E-state index contributed by atoms with van der Waals surface area (Å²) in [5.41, 5.74) is -0.116. The van der Waals surface area contributed by atoms with Crippen molar-refractivity contribution in [1.29, 1.82) is 0 Å². The third-order valence-electron chi connectivity index (χ3n) is 3.79. The van der Waals surface area contributed by atoms with Crippen molar-refractivity contribution < 1.29 is 17.6 Å². The summed E-state index contributed by atoms with van der Waals surface area (Å²) in [4.78, 5) is 12.5. The number of carbonyl (C=O) groups excluding carboxylic acids is 1. The fourth-order valence-corrected chi connectivity index (χ4v) is 3.37. The summed E-state index contributed by atoms with van der Waals surface area (Å²) in [6.07, 6.45) is 1.21. The summed E-state index contributed by atoms with van der Waals surface area (Å²) in [7, 11) is -3.82. The highest BCUT2D eigenvalue weighted by atomic mass is 32.2. The second-order valence-corrected chi connectivity index (χ2v) is 7.83. The number of sulfonamides is 1. The van der Waals surface area contributed by atoms with E-state index in [9.17, 15) is 17.6 Å². The van der Waals surface area contributed by atoms with E-state index in [-0.39, 0.29) is 24.1 Å². The Hall–Kier alpha value is -1.63. The van der Waals surface area contributed by atoms with Crippen LogP contribution in [0.5, 0.6) is 0 Å². The van der Waals surface area contributed by atoms with Crippen molar-refractivity contribution in [2.75, 3.05) is 10.6 Å². The maximum absolute atomic E-state index is 14.1. The molecule has 0 heterocycles. The van der Waals surface area contributed by atoms with Gasteiger partial charge < -0.3 is 5.32 Å². The first-order valence-electron chi connectivity index (χ1n) is 7.63. The lowest BCUT2D eigenvalue weighted by atomic mass is 10.1. The van der Waals surface area contributed by atoms with Gasteiger partial charge in [0.05, 0.1) is 11.9 Å². The molecule has 0 aromatic heterocycles. The first kappa shape index (κ1) is 19.4. The van der Waals surface area contributed by atoms with Crippen LogP contribution in [0.1, 0.15) is 34.1 Å². The van der Waals surface area contributed by atoms with Gasteiger partial charge in [-0.05, 0) is 31.4 Å². The smallest absolute Gasteiger partial charge is 0.244 e. The van der Waals surface area contributed by atoms with E-state index in [1.54, 1.807) is 6.92 Å². The van der Waals surface area contributed by atoms with Gasteiger partial charge in [-0.3, -0.25) is 9.10 Å². The Morgan fingerprint density at radius 3 is 2.26 bits per heavy atom. The van der Waals surface area contributed by atoms with Gasteiger partial charge >= 0.3 is 0 Å². The van der Waals surface area contributed by atoms with Crippen LogP contribution in [0, 0.1) is 11.7 Å². The first-order chi connectivity index (χ1) is 10.6. The second-order valence-electron chi connectivity index (χ2n) is 5.98. The Morgan fingerprint density at radius 1 is 1.26 bits per heavy atom. The summed E-state index contributed by atoms with van der Waals surface area (Å²) in [5, 5.41) is 2.80. The van der Waals surface area contributed by atoms with Gasteiger partial charge in [0.15, 0.2) is 0 Å². The average Bonchev–Trinajstić information content (AvgIpc) is 2.44. The Balaban J connectivity index is 3.25. The largest absolute Gasteiger partial charge is 0.352 e. The van der Waals surface area contributed by atoms with Gasteiger partial charge in [-0.25, -0.2) is 12.8 Å². The molecule has 2 atom stereocenters. The van der Waals surface area contributed by atoms with Crippen LogP contribution in [0.4, 0.5) is 10.1 Å². The van der Waals surface area contributed by atoms with Gasteiger partial charge in [0.25, 0.3) is 0 Å². The fourth-order valence-electron chi connectivity index (χ4n) is 2.15. The van der Waals surface area contributed by atoms with Crippen molar-refractivity contribution in [2.45, 2.75) is 46.2 Å². The van der Waals surface area contributed by atoms with Crippen molar-refractivity contribution in [1.82, 2.24) is 5.32 Å². The zero-order chi connectivity index (χ0) is 17.8. The normalized spacial score (nSPS) is 14.4. The molecule has 5 nitrogen and oxygen atoms in total. The standard InChI is InChI=1S/C16H25FN2O3S/c1-6-14(16(20)18-12(4)11(2)3)19(23(5,21)22)15-10-8-7-9-13(15)17/h7-12,14H,6H2,1-5H3,(H,18,20)/t12-,14+/m1/s1. The van der Waals surface area contributed by atoms with E-state index in [1.165, 1.54) is 24.3 Å². The third kappa shape index (κ3) is 4.92. The molecule has 0 aliphatic heterocycles. The molecular formula is C16H25FN2O3S. The lowest BCUT2D eigenvalue weighted by molar-refractivity contribution is -0.123. The molecule has 0 saturated carbocycles. The second kappa shape index (κ2) is 7.77. The van der Waals surface area contributed by atoms with Crippen LogP contribution in [0.3, 0.4) is 0 Å². The lowest BCUT2D eigenvalue weighted by Crippen LogP contribution is -2.52. The Kier molecular flexibility index (Phi) is 6.56. The minimum absolute atomic E-state index is 0.112. The maximum atomic E-state index is 14.1. The lowest BCUT2D eigenvalue weighted by Gasteiger charge is -2.31. The molecule has 0 unspecified atom stereocenters. The SMILES string of the molecule is CC[C@@H](C(=O)N[C@H](C)C(C)C)N(c1ccccc1F)S(C)(=O)=O. The van der Waals surface area contributed by atoms with Crippen LogP contribution < -0.4 is 9.62 Å². The summed E-state index contributed by atoms with van der Waals surface area (Å²) in [5.74, 6) is -0.903. The molecule has 0 radical (unpaired) electrons. The summed E-state index contributed by atoms with van der Waals surface area (Å²) in [6, 6.07) is 4.44. The van der Waals surface area contributed by atoms with E-state index >= 15 is 0 Å². The molecular weight excluding hydrogens is 319 g/mol. The van der Waals surface area contributed by atoms with Gasteiger partial charge in [-0.15, -0.1) is 0 Å². The van der Waals surface area contributed by atoms with Crippen LogP contribution in [0.15, 0.2) is 24.3 Å². The minimum atomic E-state index is -3.82. The molecule has 0 spiro atoms. The van der Waals surface area contributed by atoms with Gasteiger partial charge in [0.1, 0.15) is 11.9 Å². The topological polar surface area (TPSA) is 66.5 Å². The van der Waals surface area contributed by atoms with Gasteiger partial charge in [-0.1, -0.05) is 32.9 Å². The molecule has 1 amide bonds. The molecule has 1 aromatic carbocycles. The van der Waals surface area contributed by atoms with E-state index in [4.69, 9.17) is 0 Å². The van der Waals surface area contributed by atoms with Crippen molar-refractivity contribution >= 4 is 21.6 Å². The average molecular weight is 344 g/mol. The van der Waals surface area contributed by atoms with E-state index < -0.39 is 27.8 Å². The number of rotatable bonds is 7. The Labute approximate surface area is 137 Å². The van der Waals surface area contributed by atoms with Crippen molar-refractivity contribution in [2.24, 2.45) is 5.92 Å². The number of para-hydroxylation sites is 1. The highest BCUT2D eigenvalue weighted by Gasteiger charge is 2.33. The fraction of sp³-hybridized carbons (Fsp3) is 0.562. The number of carbonyl (C=O) groups is 1. The summed E-state index contributed by atoms with van der Waals surface area (Å²) >= 11 is 0. The number of hydrogen-bond donors (Lipinski definition) is 1. The maximum Gasteiger partial charge on any atom is 0.244 e. The molecule has 0 fully saturated rings. The number of amides is 1. The van der Waals surface area contributed by atoms with Crippen molar-refractivity contribution in [3.05, 3.63) is 30.1 Å². The molecule has 0 aliphatic rings. The Bertz CT molecular complexity index is 646. The van der Waals surface area contributed by atoms with Crippen LogP contribution in [0.25, 0.3) is 0 Å². The predicted molar refractivity (Wildman–Crippen MR) is 90.2 cm³/mol. The minimum Gasteiger partial charge on any atom is -0.352 e. The van der Waals surface area contributed by atoms with E-state index in [0.717, 1.165) is 10.6 Å². The van der Waals surface area contributed by atoms with E-state index in [0.29, 0.717) is 0 Å². The zero-order valence-electron chi connectivity index (χ0n) is 14.2. The van der Waals surface area contributed by atoms with Crippen molar-refractivity contribution in [3.63, 3.8) is 0 Å². The molecule has 130 valence electrons. The number of benzene rings is 1. The summed E-state index contributed by atoms with van der Waals surface area (Å²) < 4.78 is 39.3. The van der Waals surface area contributed by atoms with Crippen LogP contribution in [-0.2, 0) is 14.8 Å². The molecule has 0 bridgehead atoms. The van der Waals surface area contributed by atoms with Crippen molar-refractivity contribution in [3.8, 4) is 0 Å². The molecule has 1 N–H and O–H groups in total. The van der Waals surface area contributed by atoms with Gasteiger partial charge in [0, 0.05) is 6.04 Å². The molecule has 1 rings (SSSR count). The summed E-state index contributed by atoms with van der Waals surface area (Å²) in [6.45, 7) is 7.46. The Morgan fingerprint density at radius 2 is 1.83 bits per heavy atom. The van der Waals surface area contributed by atoms with E-state index in [1.807, 2.05) is 20.8 Å². The third-order valence-corrected chi connectivity index (χ3v) is 4.96. The zero-order valence-corrected chi connectivity index (χ0v) is 15.0. The van der Waals surface area contributed by atoms with Crippen LogP contribution >= 0.6 is 0 Å². The monoisotopic (exact) mass is 344 g/mol. The number of halogens is 1. The number of hydrogen-bond acceptors (Lipinski definition) is 3. The first-order valence-corrected chi connectivity index (χ1v) is 9.48. The number of anilines is 1. The van der Waals surface area contributed by atoms with Gasteiger partial charge in [0.2, 0.25) is 15.9 Å². The quantitative estimate of drug-likeness (QED) is 0.826. The predicted octanol–water partition coefficient (Wildman–Crippen LogP) is 2.53. The van der Waals surface area contributed by atoms with Crippen LogP contribution in [-0.4, -0.2) is 32.7 Å². The van der Waals surface area contributed by atoms with E-state index in [2.05, 4.69) is 5.32 Å².